The van der Waals surface area contributed by atoms with Crippen molar-refractivity contribution in [3.63, 3.8) is 0 Å². The molecule has 160 valence electrons. The molecule has 1 aromatic heterocycles. The summed E-state index contributed by atoms with van der Waals surface area (Å²) in [5, 5.41) is 15.2. The number of pyridine rings is 1. The van der Waals surface area contributed by atoms with E-state index in [0.29, 0.717) is 11.8 Å². The number of ether oxygens (including phenoxy) is 1. The highest BCUT2D eigenvalue weighted by atomic mass is 35.5. The van der Waals surface area contributed by atoms with Gasteiger partial charge in [-0.3, -0.25) is 0 Å². The van der Waals surface area contributed by atoms with Crippen LogP contribution in [0.4, 0.5) is 5.82 Å². The van der Waals surface area contributed by atoms with Crippen LogP contribution in [0.5, 0.6) is 5.75 Å². The first-order valence-electron chi connectivity index (χ1n) is 10.5. The van der Waals surface area contributed by atoms with Crippen LogP contribution in [0, 0.1) is 11.8 Å². The normalized spacial score (nSPS) is 28.9. The minimum absolute atomic E-state index is 0. The number of rotatable bonds is 3. The molecule has 4 atom stereocenters. The quantitative estimate of drug-likeness (QED) is 0.761. The molecule has 2 N–H and O–H groups in total. The summed E-state index contributed by atoms with van der Waals surface area (Å²) in [6, 6.07) is 10.4. The van der Waals surface area contributed by atoms with Gasteiger partial charge in [-0.15, -0.1) is 24.8 Å². The van der Waals surface area contributed by atoms with Crippen molar-refractivity contribution in [2.45, 2.75) is 44.3 Å². The molecule has 2 aromatic rings. The second kappa shape index (κ2) is 9.69. The van der Waals surface area contributed by atoms with Crippen LogP contribution < -0.4 is 15.0 Å². The lowest BCUT2D eigenvalue weighted by atomic mass is 9.78. The number of hydrogen-bond acceptors (Lipinski definition) is 5. The average Bonchev–Trinajstić information content (AvgIpc) is 3.16. The molecule has 1 saturated carbocycles. The third-order valence-electron chi connectivity index (χ3n) is 6.62. The van der Waals surface area contributed by atoms with Crippen molar-refractivity contribution >= 4 is 41.5 Å². The standard InChI is InChI=1S/C22H29N3O2.2ClH/c26-18-11-16-13-23-14-17(16)12-20(18)27-19-6-4-5-15-7-8-21(24-22(15)19)25-9-2-1-3-10-25;;/h4-8,16-18,20,23,26H,1-3,9-14H2;2*1H/t16-,17+,18+,20+;;/m0../s1. The van der Waals surface area contributed by atoms with Crippen LogP contribution >= 0.6 is 24.8 Å². The zero-order chi connectivity index (χ0) is 18.2. The molecule has 0 bridgehead atoms. The lowest BCUT2D eigenvalue weighted by Gasteiger charge is -2.35. The van der Waals surface area contributed by atoms with Crippen LogP contribution in [0.1, 0.15) is 32.1 Å². The molecule has 0 unspecified atom stereocenters. The fourth-order valence-corrected chi connectivity index (χ4v) is 5.05. The van der Waals surface area contributed by atoms with Crippen LogP contribution in [-0.2, 0) is 0 Å². The monoisotopic (exact) mass is 439 g/mol. The van der Waals surface area contributed by atoms with Gasteiger partial charge < -0.3 is 20.1 Å². The van der Waals surface area contributed by atoms with Crippen molar-refractivity contribution < 1.29 is 9.84 Å². The van der Waals surface area contributed by atoms with Crippen LogP contribution in [0.15, 0.2) is 30.3 Å². The summed E-state index contributed by atoms with van der Waals surface area (Å²) in [7, 11) is 0. The van der Waals surface area contributed by atoms with Crippen LogP contribution in [0.2, 0.25) is 0 Å². The van der Waals surface area contributed by atoms with Crippen molar-refractivity contribution in [1.29, 1.82) is 0 Å². The first-order valence-corrected chi connectivity index (χ1v) is 10.5. The molecule has 29 heavy (non-hydrogen) atoms. The van der Waals surface area contributed by atoms with Gasteiger partial charge >= 0.3 is 0 Å². The fourth-order valence-electron chi connectivity index (χ4n) is 5.05. The number of aromatic nitrogens is 1. The van der Waals surface area contributed by atoms with Crippen LogP contribution in [-0.4, -0.2) is 48.5 Å². The highest BCUT2D eigenvalue weighted by Crippen LogP contribution is 2.36. The summed E-state index contributed by atoms with van der Waals surface area (Å²) in [6.45, 7) is 4.24. The average molecular weight is 440 g/mol. The molecule has 3 fully saturated rings. The molecule has 2 saturated heterocycles. The topological polar surface area (TPSA) is 57.6 Å². The Morgan fingerprint density at radius 1 is 0.966 bits per heavy atom. The summed E-state index contributed by atoms with van der Waals surface area (Å²) in [5.41, 5.74) is 0.916. The molecule has 2 aliphatic heterocycles. The molecule has 3 heterocycles. The van der Waals surface area contributed by atoms with E-state index < -0.39 is 6.10 Å². The Morgan fingerprint density at radius 2 is 1.72 bits per heavy atom. The number of nitrogens with zero attached hydrogens (tertiary/aromatic N) is 2. The van der Waals surface area contributed by atoms with Gasteiger partial charge in [-0.2, -0.15) is 0 Å². The number of halogens is 2. The number of para-hydroxylation sites is 1. The molecular weight excluding hydrogens is 409 g/mol. The van der Waals surface area contributed by atoms with Gasteiger partial charge in [0.2, 0.25) is 0 Å². The van der Waals surface area contributed by atoms with E-state index in [1.807, 2.05) is 12.1 Å². The third-order valence-corrected chi connectivity index (χ3v) is 6.62. The molecule has 7 heteroatoms. The fraction of sp³-hybridized carbons (Fsp3) is 0.591. The number of piperidine rings is 1. The van der Waals surface area contributed by atoms with E-state index in [9.17, 15) is 5.11 Å². The number of anilines is 1. The molecule has 5 nitrogen and oxygen atoms in total. The van der Waals surface area contributed by atoms with Crippen molar-refractivity contribution in [2.75, 3.05) is 31.1 Å². The van der Waals surface area contributed by atoms with E-state index >= 15 is 0 Å². The maximum Gasteiger partial charge on any atom is 0.146 e. The summed E-state index contributed by atoms with van der Waals surface area (Å²) in [5.74, 6) is 3.06. The van der Waals surface area contributed by atoms with E-state index in [0.717, 1.165) is 61.5 Å². The highest BCUT2D eigenvalue weighted by Gasteiger charge is 2.40. The maximum atomic E-state index is 10.6. The van der Waals surface area contributed by atoms with Gasteiger partial charge in [0.1, 0.15) is 23.2 Å². The van der Waals surface area contributed by atoms with E-state index in [-0.39, 0.29) is 30.9 Å². The van der Waals surface area contributed by atoms with Gasteiger partial charge in [-0.1, -0.05) is 12.1 Å². The second-order valence-electron chi connectivity index (χ2n) is 8.42. The number of nitrogens with one attached hydrogen (secondary N) is 1. The van der Waals surface area contributed by atoms with E-state index in [4.69, 9.17) is 9.72 Å². The van der Waals surface area contributed by atoms with Crippen molar-refractivity contribution in [3.05, 3.63) is 30.3 Å². The SMILES string of the molecule is Cl.Cl.O[C@@H]1C[C@H]2CNC[C@H]2C[C@H]1Oc1cccc2ccc(N3CCCCC3)nc12. The van der Waals surface area contributed by atoms with Crippen LogP contribution in [0.3, 0.4) is 0 Å². The summed E-state index contributed by atoms with van der Waals surface area (Å²) >= 11 is 0. The summed E-state index contributed by atoms with van der Waals surface area (Å²) in [6.07, 6.45) is 5.00. The number of aliphatic hydroxyl groups is 1. The van der Waals surface area contributed by atoms with E-state index in [2.05, 4.69) is 28.4 Å². The van der Waals surface area contributed by atoms with Crippen molar-refractivity contribution in [1.82, 2.24) is 10.3 Å². The molecule has 0 radical (unpaired) electrons. The Hall–Kier alpha value is -1.27. The zero-order valence-electron chi connectivity index (χ0n) is 16.6. The van der Waals surface area contributed by atoms with Gasteiger partial charge in [0, 0.05) is 18.5 Å². The van der Waals surface area contributed by atoms with Gasteiger partial charge in [0.15, 0.2) is 0 Å². The molecule has 0 amide bonds. The number of aliphatic hydroxyl groups excluding tert-OH is 1. The smallest absolute Gasteiger partial charge is 0.146 e. The number of hydrogen-bond donors (Lipinski definition) is 2. The van der Waals surface area contributed by atoms with Gasteiger partial charge in [0.25, 0.3) is 0 Å². The number of fused-ring (bicyclic) bond motifs is 2. The van der Waals surface area contributed by atoms with E-state index in [1.165, 1.54) is 19.3 Å². The Balaban J connectivity index is 0.00000120. The molecule has 3 aliphatic rings. The highest BCUT2D eigenvalue weighted by molar-refractivity contribution is 5.86. The summed E-state index contributed by atoms with van der Waals surface area (Å²) in [4.78, 5) is 7.34. The van der Waals surface area contributed by atoms with Gasteiger partial charge in [-0.05, 0) is 75.2 Å². The molecule has 1 aliphatic carbocycles. The second-order valence-corrected chi connectivity index (χ2v) is 8.42. The first kappa shape index (κ1) is 22.4. The zero-order valence-corrected chi connectivity index (χ0v) is 18.3. The minimum atomic E-state index is -0.397. The van der Waals surface area contributed by atoms with E-state index in [1.54, 1.807) is 0 Å². The molecule has 1 aromatic carbocycles. The Kier molecular flexibility index (Phi) is 7.49. The molecule has 0 spiro atoms. The molecule has 5 rings (SSSR count). The Bertz CT molecular complexity index is 816. The predicted octanol–water partition coefficient (Wildman–Crippen LogP) is 3.81. The largest absolute Gasteiger partial charge is 0.485 e. The third kappa shape index (κ3) is 4.58. The first-order chi connectivity index (χ1) is 13.3. The lowest BCUT2D eigenvalue weighted by Crippen LogP contribution is -2.42. The van der Waals surface area contributed by atoms with Crippen molar-refractivity contribution in [2.24, 2.45) is 11.8 Å². The maximum absolute atomic E-state index is 10.6. The Morgan fingerprint density at radius 3 is 2.52 bits per heavy atom. The van der Waals surface area contributed by atoms with Gasteiger partial charge in [0.05, 0.1) is 6.10 Å². The Labute approximate surface area is 185 Å². The predicted molar refractivity (Wildman–Crippen MR) is 122 cm³/mol. The lowest BCUT2D eigenvalue weighted by molar-refractivity contribution is -0.0225. The minimum Gasteiger partial charge on any atom is -0.485 e. The van der Waals surface area contributed by atoms with Gasteiger partial charge in [-0.25, -0.2) is 4.98 Å². The number of benzene rings is 1. The van der Waals surface area contributed by atoms with Crippen LogP contribution in [0.25, 0.3) is 10.9 Å². The summed E-state index contributed by atoms with van der Waals surface area (Å²) < 4.78 is 6.37. The van der Waals surface area contributed by atoms with Crippen molar-refractivity contribution in [3.8, 4) is 5.75 Å². The molecular formula is C22H31Cl2N3O2.